The van der Waals surface area contributed by atoms with E-state index in [4.69, 9.17) is 10.5 Å². The van der Waals surface area contributed by atoms with Crippen molar-refractivity contribution in [2.45, 2.75) is 109 Å². The van der Waals surface area contributed by atoms with E-state index in [9.17, 15) is 24.3 Å². The van der Waals surface area contributed by atoms with Crippen molar-refractivity contribution in [1.29, 1.82) is 0 Å². The first kappa shape index (κ1) is 28.3. The summed E-state index contributed by atoms with van der Waals surface area (Å²) in [4.78, 5) is 53.6. The van der Waals surface area contributed by atoms with Gasteiger partial charge in [-0.05, 0) is 76.6 Å². The minimum Gasteiger partial charge on any atom is -0.508 e. The van der Waals surface area contributed by atoms with Crippen LogP contribution in [0.2, 0.25) is 0 Å². The van der Waals surface area contributed by atoms with Gasteiger partial charge in [0.2, 0.25) is 17.7 Å². The van der Waals surface area contributed by atoms with E-state index >= 15 is 0 Å². The molecule has 10 heteroatoms. The monoisotopic (exact) mass is 516 g/mol. The molecule has 4 amide bonds. The lowest BCUT2D eigenvalue weighted by Crippen LogP contribution is -2.55. The van der Waals surface area contributed by atoms with Crippen molar-refractivity contribution in [3.8, 4) is 5.75 Å². The molecule has 5 N–H and O–H groups in total. The summed E-state index contributed by atoms with van der Waals surface area (Å²) in [6.45, 7) is 6.78. The molecule has 2 saturated carbocycles. The summed E-state index contributed by atoms with van der Waals surface area (Å²) in [6, 6.07) is 2.29. The summed E-state index contributed by atoms with van der Waals surface area (Å²) in [5.74, 6) is -1.60. The van der Waals surface area contributed by atoms with E-state index in [0.717, 1.165) is 32.1 Å². The summed E-state index contributed by atoms with van der Waals surface area (Å²) in [6.07, 6.45) is 5.00. The van der Waals surface area contributed by atoms with Crippen molar-refractivity contribution in [1.82, 2.24) is 15.5 Å². The molecule has 2 unspecified atom stereocenters. The zero-order valence-corrected chi connectivity index (χ0v) is 22.2. The van der Waals surface area contributed by atoms with Crippen LogP contribution in [-0.2, 0) is 19.1 Å². The van der Waals surface area contributed by atoms with Crippen LogP contribution in [-0.4, -0.2) is 57.5 Å². The predicted octanol–water partition coefficient (Wildman–Crippen LogP) is 2.95. The lowest BCUT2D eigenvalue weighted by molar-refractivity contribution is -0.144. The van der Waals surface area contributed by atoms with Crippen molar-refractivity contribution in [3.05, 3.63) is 29.3 Å². The predicted molar refractivity (Wildman–Crippen MR) is 137 cm³/mol. The Balaban J connectivity index is 1.96. The number of hydrogen-bond donors (Lipinski definition) is 4. The first-order valence-corrected chi connectivity index (χ1v) is 13.1. The third-order valence-electron chi connectivity index (χ3n) is 6.60. The van der Waals surface area contributed by atoms with Crippen molar-refractivity contribution < 1.29 is 29.0 Å². The highest BCUT2D eigenvalue weighted by Crippen LogP contribution is 2.37. The Hall–Kier alpha value is -3.30. The van der Waals surface area contributed by atoms with E-state index in [1.54, 1.807) is 39.8 Å². The largest absolute Gasteiger partial charge is 0.508 e. The molecule has 0 bridgehead atoms. The number of nitrogens with zero attached hydrogens (tertiary/aromatic N) is 1. The van der Waals surface area contributed by atoms with Crippen LogP contribution in [0.4, 0.5) is 4.79 Å². The van der Waals surface area contributed by atoms with Gasteiger partial charge in [0, 0.05) is 12.1 Å². The lowest BCUT2D eigenvalue weighted by atomic mass is 9.94. The highest BCUT2D eigenvalue weighted by atomic mass is 16.6. The lowest BCUT2D eigenvalue weighted by Gasteiger charge is -2.36. The Kier molecular flexibility index (Phi) is 9.04. The van der Waals surface area contributed by atoms with Crippen LogP contribution in [0.3, 0.4) is 0 Å². The molecule has 3 rings (SSSR count). The van der Waals surface area contributed by atoms with Gasteiger partial charge in [0.25, 0.3) is 0 Å². The second-order valence-corrected chi connectivity index (χ2v) is 11.1. The van der Waals surface area contributed by atoms with Gasteiger partial charge < -0.3 is 31.1 Å². The summed E-state index contributed by atoms with van der Waals surface area (Å²) >= 11 is 0. The van der Waals surface area contributed by atoms with Gasteiger partial charge >= 0.3 is 6.09 Å². The van der Waals surface area contributed by atoms with E-state index in [-0.39, 0.29) is 23.7 Å². The number of amides is 4. The number of benzene rings is 1. The van der Waals surface area contributed by atoms with E-state index in [0.29, 0.717) is 24.0 Å². The number of phenols is 1. The van der Waals surface area contributed by atoms with Crippen LogP contribution in [0.15, 0.2) is 18.2 Å². The number of ether oxygens (including phenoxy) is 1. The third kappa shape index (κ3) is 8.10. The molecule has 0 aromatic heterocycles. The molecule has 0 radical (unpaired) electrons. The minimum atomic E-state index is -1.30. The van der Waals surface area contributed by atoms with Crippen molar-refractivity contribution in [2.24, 2.45) is 5.73 Å². The maximum absolute atomic E-state index is 13.9. The standard InChI is InChI=1S/C27H40N4O6/c1-16-14-17(10-13-21(16)32)23(24(34)29-18-8-6-5-7-9-18)31(19-11-12-19)25(35)20(15-22(28)33)30-26(36)37-27(2,3)4/h10,13-14,18-20,23,32H,5-9,11-12,15H2,1-4H3,(H2,28,33)(H,29,34)(H,30,36). The number of nitrogens with two attached hydrogens (primary N) is 1. The Morgan fingerprint density at radius 1 is 1.11 bits per heavy atom. The fraction of sp³-hybridized carbons (Fsp3) is 0.630. The van der Waals surface area contributed by atoms with E-state index < -0.39 is 42.0 Å². The SMILES string of the molecule is Cc1cc(C(C(=O)NC2CCCCC2)N(C(=O)C(CC(N)=O)NC(=O)OC(C)(C)C)C2CC2)ccc1O. The van der Waals surface area contributed by atoms with Crippen LogP contribution in [0.5, 0.6) is 5.75 Å². The Morgan fingerprint density at radius 2 is 1.76 bits per heavy atom. The van der Waals surface area contributed by atoms with Crippen LogP contribution in [0.1, 0.15) is 89.3 Å². The molecule has 1 aromatic carbocycles. The molecule has 2 atom stereocenters. The van der Waals surface area contributed by atoms with Gasteiger partial charge in [-0.2, -0.15) is 0 Å². The second-order valence-electron chi connectivity index (χ2n) is 11.1. The molecule has 0 spiro atoms. The highest BCUT2D eigenvalue weighted by molar-refractivity contribution is 5.95. The summed E-state index contributed by atoms with van der Waals surface area (Å²) in [7, 11) is 0. The first-order valence-electron chi connectivity index (χ1n) is 13.1. The highest BCUT2D eigenvalue weighted by Gasteiger charge is 2.44. The molecule has 204 valence electrons. The summed E-state index contributed by atoms with van der Waals surface area (Å²) in [5, 5.41) is 15.7. The molecule has 0 aliphatic heterocycles. The molecular weight excluding hydrogens is 476 g/mol. The average molecular weight is 517 g/mol. The molecule has 2 fully saturated rings. The zero-order valence-electron chi connectivity index (χ0n) is 22.2. The number of hydrogen-bond acceptors (Lipinski definition) is 6. The van der Waals surface area contributed by atoms with Gasteiger partial charge in [-0.25, -0.2) is 4.79 Å². The average Bonchev–Trinajstić information content (AvgIpc) is 3.62. The maximum atomic E-state index is 13.9. The fourth-order valence-corrected chi connectivity index (χ4v) is 4.72. The van der Waals surface area contributed by atoms with Gasteiger partial charge in [-0.15, -0.1) is 0 Å². The normalized spacial score (nSPS) is 17.8. The van der Waals surface area contributed by atoms with Gasteiger partial charge in [-0.1, -0.05) is 25.3 Å². The van der Waals surface area contributed by atoms with Gasteiger partial charge in [0.1, 0.15) is 23.4 Å². The van der Waals surface area contributed by atoms with Gasteiger partial charge in [0.15, 0.2) is 0 Å². The quantitative estimate of drug-likeness (QED) is 0.396. The summed E-state index contributed by atoms with van der Waals surface area (Å²) < 4.78 is 5.30. The van der Waals surface area contributed by atoms with Crippen LogP contribution >= 0.6 is 0 Å². The van der Waals surface area contributed by atoms with E-state index in [1.165, 1.54) is 11.0 Å². The topological polar surface area (TPSA) is 151 Å². The molecule has 2 aliphatic carbocycles. The van der Waals surface area contributed by atoms with Crippen molar-refractivity contribution in [2.75, 3.05) is 0 Å². The van der Waals surface area contributed by atoms with Crippen LogP contribution < -0.4 is 16.4 Å². The summed E-state index contributed by atoms with van der Waals surface area (Å²) in [5.41, 5.74) is 5.72. The molecule has 37 heavy (non-hydrogen) atoms. The second kappa shape index (κ2) is 11.8. The van der Waals surface area contributed by atoms with E-state index in [1.807, 2.05) is 0 Å². The number of rotatable bonds is 9. The van der Waals surface area contributed by atoms with Gasteiger partial charge in [-0.3, -0.25) is 14.4 Å². The Labute approximate surface area is 218 Å². The molecule has 10 nitrogen and oxygen atoms in total. The smallest absolute Gasteiger partial charge is 0.408 e. The minimum absolute atomic E-state index is 0.0134. The Morgan fingerprint density at radius 3 is 2.30 bits per heavy atom. The van der Waals surface area contributed by atoms with Crippen LogP contribution in [0, 0.1) is 6.92 Å². The van der Waals surface area contributed by atoms with E-state index in [2.05, 4.69) is 10.6 Å². The third-order valence-corrected chi connectivity index (χ3v) is 6.60. The number of nitrogens with one attached hydrogen (secondary N) is 2. The zero-order chi connectivity index (χ0) is 27.3. The number of aromatic hydroxyl groups is 1. The molecule has 0 saturated heterocycles. The molecule has 1 aromatic rings. The number of primary amides is 1. The molecular formula is C27H40N4O6. The molecule has 0 heterocycles. The number of carbonyl (C=O) groups excluding carboxylic acids is 4. The number of alkyl carbamates (subject to hydrolysis) is 1. The fourth-order valence-electron chi connectivity index (χ4n) is 4.72. The van der Waals surface area contributed by atoms with Crippen molar-refractivity contribution >= 4 is 23.8 Å². The molecule has 2 aliphatic rings. The number of phenolic OH excluding ortho intramolecular Hbond substituents is 1. The Bertz CT molecular complexity index is 1010. The van der Waals surface area contributed by atoms with Crippen LogP contribution in [0.25, 0.3) is 0 Å². The first-order chi connectivity index (χ1) is 17.4. The maximum Gasteiger partial charge on any atom is 0.408 e. The van der Waals surface area contributed by atoms with Crippen molar-refractivity contribution in [3.63, 3.8) is 0 Å². The number of aryl methyl sites for hydroxylation is 1. The number of carbonyl (C=O) groups is 4. The van der Waals surface area contributed by atoms with Gasteiger partial charge in [0.05, 0.1) is 6.42 Å².